The van der Waals surface area contributed by atoms with Gasteiger partial charge in [-0.3, -0.25) is 4.79 Å². The average Bonchev–Trinajstić information content (AvgIpc) is 2.53. The van der Waals surface area contributed by atoms with Gasteiger partial charge in [-0.25, -0.2) is 4.79 Å². The molecule has 1 N–H and O–H groups in total. The molecule has 0 aliphatic carbocycles. The van der Waals surface area contributed by atoms with Gasteiger partial charge in [0, 0.05) is 18.7 Å². The Morgan fingerprint density at radius 3 is 2.00 bits per heavy atom. The molecule has 0 radical (unpaired) electrons. The summed E-state index contributed by atoms with van der Waals surface area (Å²) in [4.78, 5) is 25.6. The zero-order valence-electron chi connectivity index (χ0n) is 13.7. The van der Waals surface area contributed by atoms with Crippen molar-refractivity contribution in [3.8, 4) is 0 Å². The van der Waals surface area contributed by atoms with E-state index in [1.165, 1.54) is 12.1 Å². The van der Waals surface area contributed by atoms with Crippen molar-refractivity contribution in [2.45, 2.75) is 52.4 Å². The van der Waals surface area contributed by atoms with Gasteiger partial charge in [0.1, 0.15) is 0 Å². The van der Waals surface area contributed by atoms with Crippen LogP contribution in [-0.2, 0) is 0 Å². The normalized spacial score (nSPS) is 10.5. The number of benzene rings is 1. The zero-order valence-corrected chi connectivity index (χ0v) is 13.7. The van der Waals surface area contributed by atoms with Crippen LogP contribution >= 0.6 is 0 Å². The molecule has 0 saturated heterocycles. The zero-order chi connectivity index (χ0) is 16.4. The highest BCUT2D eigenvalue weighted by molar-refractivity contribution is 5.97. The Bertz CT molecular complexity index is 475. The van der Waals surface area contributed by atoms with Crippen LogP contribution in [0.25, 0.3) is 0 Å². The summed E-state index contributed by atoms with van der Waals surface area (Å²) in [5.74, 6) is -1.06. The Hall–Kier alpha value is -1.84. The van der Waals surface area contributed by atoms with E-state index in [1.807, 2.05) is 4.90 Å². The minimum absolute atomic E-state index is 0.0599. The van der Waals surface area contributed by atoms with E-state index in [0.29, 0.717) is 5.56 Å². The molecule has 1 amide bonds. The van der Waals surface area contributed by atoms with Crippen molar-refractivity contribution < 1.29 is 14.7 Å². The molecule has 0 fully saturated rings. The third-order valence-corrected chi connectivity index (χ3v) is 3.71. The van der Waals surface area contributed by atoms with E-state index >= 15 is 0 Å². The van der Waals surface area contributed by atoms with E-state index < -0.39 is 5.97 Å². The first-order chi connectivity index (χ1) is 10.6. The van der Waals surface area contributed by atoms with Crippen LogP contribution in [0.4, 0.5) is 0 Å². The Labute approximate surface area is 133 Å². The van der Waals surface area contributed by atoms with Crippen LogP contribution in [0.5, 0.6) is 0 Å². The number of carboxylic acids is 1. The fraction of sp³-hybridized carbons (Fsp3) is 0.556. The first-order valence-electron chi connectivity index (χ1n) is 8.22. The summed E-state index contributed by atoms with van der Waals surface area (Å²) in [5.41, 5.74) is 0.626. The van der Waals surface area contributed by atoms with Gasteiger partial charge in [-0.1, -0.05) is 45.6 Å². The van der Waals surface area contributed by atoms with E-state index in [2.05, 4.69) is 13.8 Å². The molecule has 0 bridgehead atoms. The number of hydrogen-bond donors (Lipinski definition) is 1. The SMILES string of the molecule is CCCCCN(CCCCC)C(=O)c1cccc(C(=O)O)c1. The average molecular weight is 305 g/mol. The van der Waals surface area contributed by atoms with Gasteiger partial charge in [0.15, 0.2) is 0 Å². The van der Waals surface area contributed by atoms with Gasteiger partial charge < -0.3 is 10.0 Å². The van der Waals surface area contributed by atoms with Gasteiger partial charge in [0.05, 0.1) is 5.56 Å². The molecule has 4 nitrogen and oxygen atoms in total. The fourth-order valence-corrected chi connectivity index (χ4v) is 2.39. The molecule has 122 valence electrons. The molecule has 0 atom stereocenters. The summed E-state index contributed by atoms with van der Waals surface area (Å²) in [6, 6.07) is 6.31. The number of amides is 1. The standard InChI is InChI=1S/C18H27NO3/c1-3-5-7-12-19(13-8-6-4-2)17(20)15-10-9-11-16(14-15)18(21)22/h9-11,14H,3-8,12-13H2,1-2H3,(H,21,22). The summed E-state index contributed by atoms with van der Waals surface area (Å²) < 4.78 is 0. The van der Waals surface area contributed by atoms with Gasteiger partial charge in [-0.05, 0) is 31.0 Å². The summed E-state index contributed by atoms with van der Waals surface area (Å²) in [5, 5.41) is 9.05. The van der Waals surface area contributed by atoms with E-state index in [0.717, 1.165) is 51.6 Å². The number of hydrogen-bond acceptors (Lipinski definition) is 2. The van der Waals surface area contributed by atoms with Crippen LogP contribution in [0.3, 0.4) is 0 Å². The minimum Gasteiger partial charge on any atom is -0.478 e. The van der Waals surface area contributed by atoms with Crippen LogP contribution in [0.15, 0.2) is 24.3 Å². The van der Waals surface area contributed by atoms with E-state index in [1.54, 1.807) is 12.1 Å². The van der Waals surface area contributed by atoms with Crippen molar-refractivity contribution >= 4 is 11.9 Å². The summed E-state index contributed by atoms with van der Waals surface area (Å²) >= 11 is 0. The molecule has 1 aromatic rings. The van der Waals surface area contributed by atoms with Gasteiger partial charge in [-0.2, -0.15) is 0 Å². The second-order valence-corrected chi connectivity index (χ2v) is 5.59. The molecule has 0 aromatic heterocycles. The minimum atomic E-state index is -1.00. The number of unbranched alkanes of at least 4 members (excludes halogenated alkanes) is 4. The lowest BCUT2D eigenvalue weighted by Gasteiger charge is -2.23. The first-order valence-corrected chi connectivity index (χ1v) is 8.22. The largest absolute Gasteiger partial charge is 0.478 e. The molecule has 4 heteroatoms. The number of aromatic carboxylic acids is 1. The van der Waals surface area contributed by atoms with Crippen LogP contribution in [-0.4, -0.2) is 35.0 Å². The van der Waals surface area contributed by atoms with Crippen molar-refractivity contribution in [3.63, 3.8) is 0 Å². The molecule has 0 unspecified atom stereocenters. The van der Waals surface area contributed by atoms with Crippen molar-refractivity contribution in [1.82, 2.24) is 4.90 Å². The second kappa shape index (κ2) is 9.98. The van der Waals surface area contributed by atoms with Gasteiger partial charge in [0.2, 0.25) is 0 Å². The lowest BCUT2D eigenvalue weighted by atomic mass is 10.1. The van der Waals surface area contributed by atoms with Crippen molar-refractivity contribution in [2.75, 3.05) is 13.1 Å². The molecule has 0 saturated carbocycles. The van der Waals surface area contributed by atoms with Crippen LogP contribution in [0.1, 0.15) is 73.1 Å². The van der Waals surface area contributed by atoms with Crippen LogP contribution in [0, 0.1) is 0 Å². The maximum absolute atomic E-state index is 12.6. The van der Waals surface area contributed by atoms with E-state index in [4.69, 9.17) is 5.11 Å². The van der Waals surface area contributed by atoms with E-state index in [9.17, 15) is 9.59 Å². The molecular formula is C18H27NO3. The monoisotopic (exact) mass is 305 g/mol. The summed E-state index contributed by atoms with van der Waals surface area (Å²) in [6.07, 6.45) is 6.43. The summed E-state index contributed by atoms with van der Waals surface area (Å²) in [7, 11) is 0. The van der Waals surface area contributed by atoms with Gasteiger partial charge >= 0.3 is 5.97 Å². The number of carbonyl (C=O) groups is 2. The predicted molar refractivity (Wildman–Crippen MR) is 88.4 cm³/mol. The predicted octanol–water partition coefficient (Wildman–Crippen LogP) is 4.21. The number of nitrogens with zero attached hydrogens (tertiary/aromatic N) is 1. The third-order valence-electron chi connectivity index (χ3n) is 3.71. The smallest absolute Gasteiger partial charge is 0.335 e. The van der Waals surface area contributed by atoms with Crippen molar-refractivity contribution in [1.29, 1.82) is 0 Å². The van der Waals surface area contributed by atoms with Gasteiger partial charge in [0.25, 0.3) is 5.91 Å². The van der Waals surface area contributed by atoms with Crippen LogP contribution in [0.2, 0.25) is 0 Å². The van der Waals surface area contributed by atoms with Crippen molar-refractivity contribution in [3.05, 3.63) is 35.4 Å². The van der Waals surface area contributed by atoms with E-state index in [-0.39, 0.29) is 11.5 Å². The Balaban J connectivity index is 2.79. The first kappa shape index (κ1) is 18.2. The van der Waals surface area contributed by atoms with Gasteiger partial charge in [-0.15, -0.1) is 0 Å². The molecule has 0 heterocycles. The molecular weight excluding hydrogens is 278 g/mol. The molecule has 22 heavy (non-hydrogen) atoms. The second-order valence-electron chi connectivity index (χ2n) is 5.59. The molecule has 0 aliphatic rings. The number of carbonyl (C=O) groups excluding carboxylic acids is 1. The Kier molecular flexibility index (Phi) is 8.26. The summed E-state index contributed by atoms with van der Waals surface area (Å²) in [6.45, 7) is 5.76. The molecule has 1 rings (SSSR count). The highest BCUT2D eigenvalue weighted by Gasteiger charge is 2.16. The maximum Gasteiger partial charge on any atom is 0.335 e. The number of carboxylic acid groups (broad SMARTS) is 1. The molecule has 0 spiro atoms. The molecule has 0 aliphatic heterocycles. The lowest BCUT2D eigenvalue weighted by molar-refractivity contribution is 0.0697. The highest BCUT2D eigenvalue weighted by Crippen LogP contribution is 2.11. The van der Waals surface area contributed by atoms with Crippen molar-refractivity contribution in [2.24, 2.45) is 0 Å². The highest BCUT2D eigenvalue weighted by atomic mass is 16.4. The number of rotatable bonds is 10. The lowest BCUT2D eigenvalue weighted by Crippen LogP contribution is -2.33. The molecule has 1 aromatic carbocycles. The fourth-order valence-electron chi connectivity index (χ4n) is 2.39. The quantitative estimate of drug-likeness (QED) is 0.659. The maximum atomic E-state index is 12.6. The topological polar surface area (TPSA) is 57.6 Å². The Morgan fingerprint density at radius 2 is 1.50 bits per heavy atom. The third kappa shape index (κ3) is 5.88. The van der Waals surface area contributed by atoms with Crippen LogP contribution < -0.4 is 0 Å². The Morgan fingerprint density at radius 1 is 0.955 bits per heavy atom.